The third-order valence-corrected chi connectivity index (χ3v) is 5.59. The fourth-order valence-corrected chi connectivity index (χ4v) is 3.38. The van der Waals surface area contributed by atoms with Gasteiger partial charge < -0.3 is 19.8 Å². The molecule has 27 heavy (non-hydrogen) atoms. The Kier molecular flexibility index (Phi) is 25.2. The Morgan fingerprint density at radius 2 is 1.04 bits per heavy atom. The van der Waals surface area contributed by atoms with Crippen LogP contribution in [0.1, 0.15) is 91.9 Å². The maximum absolute atomic E-state index is 10.4. The summed E-state index contributed by atoms with van der Waals surface area (Å²) in [5.74, 6) is -1.11. The number of carbonyl (C=O) groups is 2. The zero-order chi connectivity index (χ0) is 20.5. The summed E-state index contributed by atoms with van der Waals surface area (Å²) in [6, 6.07) is 0. The number of aliphatic carboxylic acids is 2. The maximum atomic E-state index is 10.4. The van der Waals surface area contributed by atoms with E-state index in [1.165, 1.54) is 25.7 Å². The third-order valence-electron chi connectivity index (χ3n) is 4.74. The number of rotatable bonds is 14. The number of carbonyl (C=O) groups excluding carboxylic acids is 2. The van der Waals surface area contributed by atoms with Crippen molar-refractivity contribution in [3.63, 3.8) is 0 Å². The summed E-state index contributed by atoms with van der Waals surface area (Å²) in [7, 11) is 0. The second-order valence-corrected chi connectivity index (χ2v) is 8.22. The SMILES string of the molecule is CCCCC(CC)CC(S)C(=O)[O-].CCCCC(CC)CC(S)C(=O)[O-].[Sn+2]. The van der Waals surface area contributed by atoms with Gasteiger partial charge in [0.2, 0.25) is 0 Å². The van der Waals surface area contributed by atoms with E-state index in [1.54, 1.807) is 0 Å². The molecule has 0 aliphatic heterocycles. The summed E-state index contributed by atoms with van der Waals surface area (Å²) in [5.41, 5.74) is 0. The normalized spacial score (nSPS) is 14.7. The van der Waals surface area contributed by atoms with Crippen LogP contribution in [-0.4, -0.2) is 46.3 Å². The summed E-state index contributed by atoms with van der Waals surface area (Å²) in [4.78, 5) is 20.9. The summed E-state index contributed by atoms with van der Waals surface area (Å²) in [6.45, 7) is 8.47. The van der Waals surface area contributed by atoms with Crippen LogP contribution in [0, 0.1) is 11.8 Å². The molecule has 0 saturated carbocycles. The summed E-state index contributed by atoms with van der Waals surface area (Å²) < 4.78 is 0. The van der Waals surface area contributed by atoms with Gasteiger partial charge in [0.25, 0.3) is 0 Å². The first-order valence-corrected chi connectivity index (χ1v) is 11.0. The van der Waals surface area contributed by atoms with Gasteiger partial charge in [0.15, 0.2) is 0 Å². The van der Waals surface area contributed by atoms with Crippen molar-refractivity contribution >= 4 is 61.1 Å². The van der Waals surface area contributed by atoms with Gasteiger partial charge in [-0.15, -0.1) is 0 Å². The molecule has 0 aliphatic rings. The van der Waals surface area contributed by atoms with Crippen LogP contribution in [-0.2, 0) is 9.59 Å². The molecule has 0 aromatic carbocycles. The van der Waals surface area contributed by atoms with Gasteiger partial charge in [0.05, 0.1) is 11.9 Å². The summed E-state index contributed by atoms with van der Waals surface area (Å²) in [5, 5.41) is 19.7. The molecule has 0 N–H and O–H groups in total. The van der Waals surface area contributed by atoms with Crippen molar-refractivity contribution in [2.24, 2.45) is 11.8 Å². The molecule has 0 amide bonds. The van der Waals surface area contributed by atoms with E-state index >= 15 is 0 Å². The monoisotopic (exact) mass is 526 g/mol. The smallest absolute Gasteiger partial charge is 0.549 e. The molecule has 0 rings (SSSR count). The Morgan fingerprint density at radius 1 is 0.741 bits per heavy atom. The minimum absolute atomic E-state index is 0. The average Bonchev–Trinajstić information content (AvgIpc) is 2.61. The van der Waals surface area contributed by atoms with Gasteiger partial charge in [-0.05, 0) is 24.7 Å². The molecule has 4 atom stereocenters. The van der Waals surface area contributed by atoms with Gasteiger partial charge in [-0.25, -0.2) is 0 Å². The largest absolute Gasteiger partial charge is 2.00 e. The van der Waals surface area contributed by atoms with Crippen LogP contribution in [0.25, 0.3) is 0 Å². The van der Waals surface area contributed by atoms with Crippen LogP contribution >= 0.6 is 25.3 Å². The molecular weight excluding hydrogens is 487 g/mol. The predicted octanol–water partition coefficient (Wildman–Crippen LogP) is 2.90. The first-order valence-electron chi connectivity index (χ1n) is 10.0. The molecular formula is C20H38O4S2Sn. The minimum atomic E-state index is -1.04. The van der Waals surface area contributed by atoms with Crippen molar-refractivity contribution in [1.82, 2.24) is 0 Å². The molecule has 0 saturated heterocycles. The van der Waals surface area contributed by atoms with E-state index in [4.69, 9.17) is 0 Å². The van der Waals surface area contributed by atoms with Gasteiger partial charge in [-0.1, -0.05) is 79.1 Å². The van der Waals surface area contributed by atoms with Crippen molar-refractivity contribution in [3.05, 3.63) is 0 Å². The zero-order valence-electron chi connectivity index (χ0n) is 17.4. The standard InChI is InChI=1S/2C10H20O2S.Sn/c2*1-3-5-6-8(4-2)7-9(13)10(11)12;/h2*8-9,13H,3-7H2,1-2H3,(H,11,12);/q;;+2/p-2. The second-order valence-electron chi connectivity index (χ2n) is 6.97. The Morgan fingerprint density at radius 3 is 1.22 bits per heavy atom. The van der Waals surface area contributed by atoms with Crippen LogP contribution in [0.15, 0.2) is 0 Å². The topological polar surface area (TPSA) is 80.3 Å². The molecule has 7 heteroatoms. The van der Waals surface area contributed by atoms with Crippen molar-refractivity contribution in [2.45, 2.75) is 102 Å². The van der Waals surface area contributed by atoms with Gasteiger partial charge in [-0.2, -0.15) is 25.3 Å². The summed E-state index contributed by atoms with van der Waals surface area (Å²) in [6.07, 6.45) is 10.2. The number of hydrogen-bond acceptors (Lipinski definition) is 6. The molecule has 0 heterocycles. The molecule has 0 fully saturated rings. The Labute approximate surface area is 194 Å². The van der Waals surface area contributed by atoms with Crippen LogP contribution < -0.4 is 10.2 Å². The Hall–Kier alpha value is 0.439. The molecule has 0 aromatic rings. The number of carboxylic acid groups (broad SMARTS) is 2. The van der Waals surface area contributed by atoms with Crippen LogP contribution in [0.4, 0.5) is 0 Å². The first-order chi connectivity index (χ1) is 12.2. The average molecular weight is 525 g/mol. The number of hydrogen-bond donors (Lipinski definition) is 2. The Balaban J connectivity index is -0.000000411. The van der Waals surface area contributed by atoms with Crippen molar-refractivity contribution in [2.75, 3.05) is 0 Å². The third kappa shape index (κ3) is 19.5. The minimum Gasteiger partial charge on any atom is -0.549 e. The first kappa shape index (κ1) is 32.1. The van der Waals surface area contributed by atoms with Crippen LogP contribution in [0.5, 0.6) is 0 Å². The number of unbranched alkanes of at least 4 members (excludes halogenated alkanes) is 2. The molecule has 4 nitrogen and oxygen atoms in total. The van der Waals surface area contributed by atoms with Crippen LogP contribution in [0.2, 0.25) is 0 Å². The van der Waals surface area contributed by atoms with Gasteiger partial charge >= 0.3 is 23.9 Å². The molecule has 4 unspecified atom stereocenters. The fourth-order valence-electron chi connectivity index (χ4n) is 2.79. The number of carboxylic acids is 2. The van der Waals surface area contributed by atoms with Gasteiger partial charge in [0, 0.05) is 10.5 Å². The quantitative estimate of drug-likeness (QED) is 0.270. The van der Waals surface area contributed by atoms with E-state index in [0.717, 1.165) is 25.7 Å². The molecule has 2 radical (unpaired) electrons. The van der Waals surface area contributed by atoms with Gasteiger partial charge in [0.1, 0.15) is 0 Å². The summed E-state index contributed by atoms with van der Waals surface area (Å²) >= 11 is 7.96. The van der Waals surface area contributed by atoms with Crippen LogP contribution in [0.3, 0.4) is 0 Å². The van der Waals surface area contributed by atoms with E-state index in [2.05, 4.69) is 53.0 Å². The van der Waals surface area contributed by atoms with Crippen molar-refractivity contribution in [3.8, 4) is 0 Å². The molecule has 0 bridgehead atoms. The second kappa shape index (κ2) is 21.2. The van der Waals surface area contributed by atoms with E-state index < -0.39 is 22.4 Å². The van der Waals surface area contributed by atoms with E-state index in [0.29, 0.717) is 24.7 Å². The predicted molar refractivity (Wildman–Crippen MR) is 117 cm³/mol. The molecule has 0 aliphatic carbocycles. The van der Waals surface area contributed by atoms with E-state index in [1.807, 2.05) is 0 Å². The molecule has 158 valence electrons. The van der Waals surface area contributed by atoms with E-state index in [9.17, 15) is 19.8 Å². The molecule has 0 spiro atoms. The molecule has 0 aromatic heterocycles. The Bertz CT molecular complexity index is 336. The fraction of sp³-hybridized carbons (Fsp3) is 0.900. The zero-order valence-corrected chi connectivity index (χ0v) is 22.1. The number of thiol groups is 2. The van der Waals surface area contributed by atoms with Gasteiger partial charge in [-0.3, -0.25) is 0 Å². The maximum Gasteiger partial charge on any atom is 2.00 e. The van der Waals surface area contributed by atoms with Crippen molar-refractivity contribution in [1.29, 1.82) is 0 Å². The van der Waals surface area contributed by atoms with E-state index in [-0.39, 0.29) is 23.9 Å². The van der Waals surface area contributed by atoms with Crippen molar-refractivity contribution < 1.29 is 19.8 Å².